The quantitative estimate of drug-likeness (QED) is 0.870. The van der Waals surface area contributed by atoms with Crippen LogP contribution < -0.4 is 11.1 Å². The van der Waals surface area contributed by atoms with Gasteiger partial charge >= 0.3 is 0 Å². The normalized spacial score (nSPS) is 13.3. The molecule has 0 saturated heterocycles. The first-order valence-corrected chi connectivity index (χ1v) is 5.99. The Kier molecular flexibility index (Phi) is 4.42. The smallest absolute Gasteiger partial charge is 0.241 e. The maximum Gasteiger partial charge on any atom is 0.241 e. The number of hydrogen-bond donors (Lipinski definition) is 2. The molecule has 17 heavy (non-hydrogen) atoms. The predicted octanol–water partition coefficient (Wildman–Crippen LogP) is 3.31. The minimum Gasteiger partial charge on any atom is -0.323 e. The lowest BCUT2D eigenvalue weighted by Gasteiger charge is -2.26. The van der Waals surface area contributed by atoms with Crippen LogP contribution in [0.25, 0.3) is 0 Å². The van der Waals surface area contributed by atoms with Gasteiger partial charge in [0.05, 0.1) is 21.8 Å². The maximum atomic E-state index is 11.9. The summed E-state index contributed by atoms with van der Waals surface area (Å²) < 4.78 is 0. The molecule has 0 aromatic heterocycles. The molecule has 0 spiro atoms. The predicted molar refractivity (Wildman–Crippen MR) is 72.5 cm³/mol. The molecular formula is C12H16Cl2N2O. The second-order valence-corrected chi connectivity index (χ2v) is 5.72. The number of hydrogen-bond acceptors (Lipinski definition) is 2. The molecule has 0 fully saturated rings. The molecule has 3 nitrogen and oxygen atoms in total. The minimum atomic E-state index is -0.613. The van der Waals surface area contributed by atoms with Crippen molar-refractivity contribution in [3.05, 3.63) is 28.2 Å². The van der Waals surface area contributed by atoms with E-state index in [2.05, 4.69) is 5.32 Å². The molecule has 0 aliphatic heterocycles. The van der Waals surface area contributed by atoms with E-state index in [1.54, 1.807) is 18.2 Å². The van der Waals surface area contributed by atoms with Gasteiger partial charge in [0.15, 0.2) is 0 Å². The van der Waals surface area contributed by atoms with Crippen LogP contribution in [-0.4, -0.2) is 11.9 Å². The molecule has 5 heteroatoms. The van der Waals surface area contributed by atoms with Crippen LogP contribution >= 0.6 is 23.2 Å². The number of anilines is 1. The minimum absolute atomic E-state index is 0.276. The Hall–Kier alpha value is -0.770. The fourth-order valence-electron chi connectivity index (χ4n) is 1.20. The Morgan fingerprint density at radius 3 is 2.47 bits per heavy atom. The Bertz CT molecular complexity index is 427. The highest BCUT2D eigenvalue weighted by atomic mass is 35.5. The Morgan fingerprint density at radius 1 is 1.35 bits per heavy atom. The van der Waals surface area contributed by atoms with Crippen molar-refractivity contribution in [3.8, 4) is 0 Å². The first kappa shape index (κ1) is 14.3. The van der Waals surface area contributed by atoms with E-state index in [0.717, 1.165) is 0 Å². The fourth-order valence-corrected chi connectivity index (χ4v) is 1.55. The zero-order valence-corrected chi connectivity index (χ0v) is 11.6. The van der Waals surface area contributed by atoms with E-state index in [4.69, 9.17) is 28.9 Å². The molecule has 1 atom stereocenters. The molecule has 0 bridgehead atoms. The van der Waals surface area contributed by atoms with Crippen LogP contribution in [-0.2, 0) is 4.79 Å². The molecule has 1 aromatic carbocycles. The molecule has 0 saturated carbocycles. The van der Waals surface area contributed by atoms with Crippen LogP contribution in [0.15, 0.2) is 18.2 Å². The summed E-state index contributed by atoms with van der Waals surface area (Å²) in [6.45, 7) is 5.70. The molecule has 1 aromatic rings. The van der Waals surface area contributed by atoms with Gasteiger partial charge in [-0.15, -0.1) is 0 Å². The largest absolute Gasteiger partial charge is 0.323 e. The fraction of sp³-hybridized carbons (Fsp3) is 0.417. The standard InChI is InChI=1S/C12H16Cl2N2O/c1-12(2,3)10(15)11(17)16-8-6-4-5-7(13)9(8)14/h4-6,10H,15H2,1-3H3,(H,16,17). The van der Waals surface area contributed by atoms with E-state index >= 15 is 0 Å². The highest BCUT2D eigenvalue weighted by Gasteiger charge is 2.27. The third kappa shape index (κ3) is 3.60. The molecule has 1 amide bonds. The van der Waals surface area contributed by atoms with Crippen molar-refractivity contribution in [1.29, 1.82) is 0 Å². The number of nitrogens with two attached hydrogens (primary N) is 1. The van der Waals surface area contributed by atoms with Crippen LogP contribution in [0, 0.1) is 5.41 Å². The summed E-state index contributed by atoms with van der Waals surface area (Å²) in [6, 6.07) is 4.44. The van der Waals surface area contributed by atoms with Crippen molar-refractivity contribution >= 4 is 34.8 Å². The Morgan fingerprint density at radius 2 is 1.94 bits per heavy atom. The second-order valence-electron chi connectivity index (χ2n) is 4.93. The van der Waals surface area contributed by atoms with Crippen LogP contribution in [0.3, 0.4) is 0 Å². The number of halogens is 2. The maximum absolute atomic E-state index is 11.9. The van der Waals surface area contributed by atoms with Gasteiger partial charge in [-0.05, 0) is 17.5 Å². The number of benzene rings is 1. The highest BCUT2D eigenvalue weighted by molar-refractivity contribution is 6.44. The summed E-state index contributed by atoms with van der Waals surface area (Å²) in [6.07, 6.45) is 0. The summed E-state index contributed by atoms with van der Waals surface area (Å²) >= 11 is 11.8. The molecule has 3 N–H and O–H groups in total. The van der Waals surface area contributed by atoms with Crippen LogP contribution in [0.1, 0.15) is 20.8 Å². The highest BCUT2D eigenvalue weighted by Crippen LogP contribution is 2.30. The average molecular weight is 275 g/mol. The van der Waals surface area contributed by atoms with Gasteiger partial charge in [0, 0.05) is 0 Å². The topological polar surface area (TPSA) is 55.1 Å². The van der Waals surface area contributed by atoms with Crippen molar-refractivity contribution in [3.63, 3.8) is 0 Å². The zero-order valence-electron chi connectivity index (χ0n) is 10.1. The van der Waals surface area contributed by atoms with Gasteiger partial charge in [0.25, 0.3) is 0 Å². The number of carbonyl (C=O) groups excluding carboxylic acids is 1. The van der Waals surface area contributed by atoms with E-state index in [1.807, 2.05) is 20.8 Å². The van der Waals surface area contributed by atoms with E-state index < -0.39 is 6.04 Å². The van der Waals surface area contributed by atoms with Gasteiger partial charge in [0.2, 0.25) is 5.91 Å². The number of rotatable bonds is 2. The summed E-state index contributed by atoms with van der Waals surface area (Å²) in [5.41, 5.74) is 6.01. The van der Waals surface area contributed by atoms with Crippen LogP contribution in [0.2, 0.25) is 10.0 Å². The molecule has 94 valence electrons. The molecule has 1 rings (SSSR count). The SMILES string of the molecule is CC(C)(C)C(N)C(=O)Nc1cccc(Cl)c1Cl. The molecule has 0 aliphatic rings. The lowest BCUT2D eigenvalue weighted by atomic mass is 9.87. The van der Waals surface area contributed by atoms with Crippen molar-refractivity contribution in [2.45, 2.75) is 26.8 Å². The molecular weight excluding hydrogens is 259 g/mol. The average Bonchev–Trinajstić information content (AvgIpc) is 2.22. The van der Waals surface area contributed by atoms with Crippen LogP contribution in [0.5, 0.6) is 0 Å². The molecule has 0 aliphatic carbocycles. The van der Waals surface area contributed by atoms with E-state index in [1.165, 1.54) is 0 Å². The van der Waals surface area contributed by atoms with Gasteiger partial charge < -0.3 is 11.1 Å². The van der Waals surface area contributed by atoms with Gasteiger partial charge in [-0.1, -0.05) is 50.0 Å². The molecule has 1 unspecified atom stereocenters. The van der Waals surface area contributed by atoms with E-state index in [9.17, 15) is 4.79 Å². The third-order valence-electron chi connectivity index (χ3n) is 2.42. The number of nitrogens with one attached hydrogen (secondary N) is 1. The second kappa shape index (κ2) is 5.25. The number of amides is 1. The summed E-state index contributed by atoms with van der Waals surface area (Å²) in [5, 5.41) is 3.40. The Labute approximate surface area is 111 Å². The number of carbonyl (C=O) groups is 1. The van der Waals surface area contributed by atoms with Crippen molar-refractivity contribution in [1.82, 2.24) is 0 Å². The van der Waals surface area contributed by atoms with Crippen LogP contribution in [0.4, 0.5) is 5.69 Å². The van der Waals surface area contributed by atoms with Gasteiger partial charge in [-0.2, -0.15) is 0 Å². The lowest BCUT2D eigenvalue weighted by molar-refractivity contribution is -0.119. The zero-order chi connectivity index (χ0) is 13.2. The first-order chi connectivity index (χ1) is 7.73. The summed E-state index contributed by atoms with van der Waals surface area (Å²) in [4.78, 5) is 11.9. The third-order valence-corrected chi connectivity index (χ3v) is 3.24. The molecule has 0 heterocycles. The van der Waals surface area contributed by atoms with Crippen molar-refractivity contribution in [2.75, 3.05) is 5.32 Å². The first-order valence-electron chi connectivity index (χ1n) is 5.24. The Balaban J connectivity index is 2.86. The van der Waals surface area contributed by atoms with Crippen molar-refractivity contribution < 1.29 is 4.79 Å². The monoisotopic (exact) mass is 274 g/mol. The van der Waals surface area contributed by atoms with E-state index in [0.29, 0.717) is 15.7 Å². The lowest BCUT2D eigenvalue weighted by Crippen LogP contribution is -2.45. The van der Waals surface area contributed by atoms with Gasteiger partial charge in [0.1, 0.15) is 0 Å². The van der Waals surface area contributed by atoms with E-state index in [-0.39, 0.29) is 11.3 Å². The van der Waals surface area contributed by atoms with Crippen molar-refractivity contribution in [2.24, 2.45) is 11.1 Å². The summed E-state index contributed by atoms with van der Waals surface area (Å²) in [7, 11) is 0. The van der Waals surface area contributed by atoms with Gasteiger partial charge in [-0.25, -0.2) is 0 Å². The molecule has 0 radical (unpaired) electrons. The summed E-state index contributed by atoms with van der Waals surface area (Å²) in [5.74, 6) is -0.276. The van der Waals surface area contributed by atoms with Gasteiger partial charge in [-0.3, -0.25) is 4.79 Å².